The molecule has 0 saturated heterocycles. The smallest absolute Gasteiger partial charge is 0.871 e. The second kappa shape index (κ2) is 22.5. The number of H-pyrrole nitrogens is 2. The monoisotopic (exact) mass is 1030 g/mol. The molecule has 2 N–H and O–H groups in total. The minimum Gasteiger partial charge on any atom is -0.871 e. The van der Waals surface area contributed by atoms with Crippen LogP contribution in [-0.2, 0) is 37.0 Å². The van der Waals surface area contributed by atoms with Crippen molar-refractivity contribution in [3.8, 4) is 23.0 Å². The maximum absolute atomic E-state index is 12.6. The summed E-state index contributed by atoms with van der Waals surface area (Å²) in [5.41, 5.74) is -4.52. The van der Waals surface area contributed by atoms with Gasteiger partial charge in [0.25, 0.3) is 22.5 Å². The molecule has 24 nitrogen and oxygen atoms in total. The molecule has 0 unspecified atom stereocenters. The summed E-state index contributed by atoms with van der Waals surface area (Å²) in [6, 6.07) is 18.8. The van der Waals surface area contributed by atoms with E-state index in [1.165, 1.54) is 24.3 Å². The van der Waals surface area contributed by atoms with Gasteiger partial charge in [-0.3, -0.25) is 29.8 Å². The Morgan fingerprint density at radius 2 is 0.779 bits per heavy atom. The molecular weight excluding hydrogens is 1020 g/mol. The molecule has 8 rings (SSSR count). The van der Waals surface area contributed by atoms with Gasteiger partial charge in [0.1, 0.15) is 31.6 Å². The molecule has 0 aliphatic rings. The van der Waals surface area contributed by atoms with Crippen molar-refractivity contribution in [2.24, 2.45) is 20.5 Å². The number of para-hydroxylation sites is 2. The Balaban J connectivity index is 0.000000340. The van der Waals surface area contributed by atoms with Crippen LogP contribution in [0.5, 0.6) is 23.0 Å². The van der Waals surface area contributed by atoms with Crippen molar-refractivity contribution < 1.29 is 162 Å². The second-order valence-corrected chi connectivity index (χ2v) is 15.8. The van der Waals surface area contributed by atoms with Crippen LogP contribution in [0.2, 0.25) is 0 Å². The van der Waals surface area contributed by atoms with Crippen molar-refractivity contribution in [1.82, 2.24) is 9.97 Å². The minimum absolute atomic E-state index is 0. The molecule has 8 aromatic rings. The van der Waals surface area contributed by atoms with E-state index in [1.54, 1.807) is 24.3 Å². The van der Waals surface area contributed by atoms with Gasteiger partial charge >= 0.3 is 105 Å². The molecule has 68 heavy (non-hydrogen) atoms. The van der Waals surface area contributed by atoms with E-state index < -0.39 is 119 Å². The summed E-state index contributed by atoms with van der Waals surface area (Å²) in [5.74, 6) is -3.60. The van der Waals surface area contributed by atoms with Gasteiger partial charge in [-0.15, -0.1) is 10.2 Å². The maximum Gasteiger partial charge on any atom is 3.00 e. The standard InChI is InChI=1S/2C19H12N4O8S.Co.3Na/c2*24-14-8-15(32(29,30)31)12-7-9(23(27)28)5-6-10(12)16(14)21-22-17-18(25)11-3-1-2-4-13(11)20-19(17)26;;;;/h2*1-8,24H,(H2,20,25,26)(H,29,30,31);;;;/q;;+3;3*+1/p-6. The molecule has 6 aromatic carbocycles. The van der Waals surface area contributed by atoms with Gasteiger partial charge in [-0.2, -0.15) is 10.2 Å². The molecule has 2 aromatic heterocycles. The first kappa shape index (κ1) is 57.1. The summed E-state index contributed by atoms with van der Waals surface area (Å²) >= 11 is 0. The molecule has 0 saturated carbocycles. The zero-order chi connectivity index (χ0) is 46.4. The first-order valence-corrected chi connectivity index (χ1v) is 20.2. The molecule has 0 fully saturated rings. The van der Waals surface area contributed by atoms with Gasteiger partial charge in [0, 0.05) is 56.8 Å². The van der Waals surface area contributed by atoms with E-state index in [9.17, 15) is 76.2 Å². The van der Waals surface area contributed by atoms with Crippen molar-refractivity contribution in [2.45, 2.75) is 9.79 Å². The fraction of sp³-hybridized carbons (Fsp3) is 0. The normalized spacial score (nSPS) is 11.3. The largest absolute Gasteiger partial charge is 3.00 e. The van der Waals surface area contributed by atoms with Gasteiger partial charge in [0.05, 0.1) is 31.0 Å². The second-order valence-electron chi connectivity index (χ2n) is 13.1. The molecule has 30 heteroatoms. The van der Waals surface area contributed by atoms with Crippen molar-refractivity contribution in [1.29, 1.82) is 0 Å². The number of nitrogens with zero attached hydrogens (tertiary/aromatic N) is 6. The van der Waals surface area contributed by atoms with Gasteiger partial charge in [-0.05, 0) is 47.2 Å². The average Bonchev–Trinajstić information content (AvgIpc) is 3.23. The Hall–Kier alpha value is -5.21. The number of aromatic amines is 2. The Morgan fingerprint density at radius 1 is 0.456 bits per heavy atom. The zero-order valence-electron chi connectivity index (χ0n) is 34.6. The van der Waals surface area contributed by atoms with Crippen LogP contribution in [0.4, 0.5) is 34.1 Å². The number of fused-ring (bicyclic) bond motifs is 4. The fourth-order valence-corrected chi connectivity index (χ4v) is 7.69. The predicted molar refractivity (Wildman–Crippen MR) is 212 cm³/mol. The Labute approximate surface area is 455 Å². The van der Waals surface area contributed by atoms with E-state index in [4.69, 9.17) is 0 Å². The third kappa shape index (κ3) is 11.6. The van der Waals surface area contributed by atoms with Gasteiger partial charge in [0.15, 0.2) is 0 Å². The van der Waals surface area contributed by atoms with Crippen LogP contribution in [-0.4, -0.2) is 45.8 Å². The summed E-state index contributed by atoms with van der Waals surface area (Å²) in [7, 11) is -10.3. The molecule has 0 amide bonds. The summed E-state index contributed by atoms with van der Waals surface area (Å²) in [5, 5.41) is 85.7. The van der Waals surface area contributed by atoms with Crippen LogP contribution in [0.25, 0.3) is 43.4 Å². The van der Waals surface area contributed by atoms with Crippen molar-refractivity contribution in [3.63, 3.8) is 0 Å². The molecule has 0 bridgehead atoms. The maximum atomic E-state index is 12.6. The van der Waals surface area contributed by atoms with Gasteiger partial charge in [-0.1, -0.05) is 59.4 Å². The first-order valence-electron chi connectivity index (χ1n) is 17.4. The molecule has 0 radical (unpaired) electrons. The van der Waals surface area contributed by atoms with E-state index in [1.807, 2.05) is 0 Å². The number of azo groups is 2. The van der Waals surface area contributed by atoms with E-state index in [-0.39, 0.29) is 138 Å². The van der Waals surface area contributed by atoms with Crippen molar-refractivity contribution >= 4 is 97.7 Å². The fourth-order valence-electron chi connectivity index (χ4n) is 6.31. The number of rotatable bonds is 8. The number of nitrogens with one attached hydrogen (secondary N) is 2. The molecule has 0 aliphatic carbocycles. The number of hydrogen-bond acceptors (Lipinski definition) is 20. The summed E-state index contributed by atoms with van der Waals surface area (Å²) in [4.78, 5) is 47.9. The molecule has 330 valence electrons. The zero-order valence-corrected chi connectivity index (χ0v) is 43.3. The summed E-state index contributed by atoms with van der Waals surface area (Å²) in [6.45, 7) is 0. The molecular formula is C38H18CoN8Na3O16S2. The van der Waals surface area contributed by atoms with Gasteiger partial charge in [-0.25, -0.2) is 16.8 Å². The average molecular weight is 1030 g/mol. The van der Waals surface area contributed by atoms with Crippen molar-refractivity contribution in [3.05, 3.63) is 138 Å². The number of hydrogen-bond donors (Lipinski definition) is 2. The Bertz CT molecular complexity index is 3520. The number of non-ortho nitro benzene ring substituents is 2. The van der Waals surface area contributed by atoms with E-state index in [2.05, 4.69) is 30.4 Å². The van der Waals surface area contributed by atoms with Crippen LogP contribution in [0.3, 0.4) is 0 Å². The number of nitro benzene ring substituents is 2. The number of pyridine rings is 2. The minimum atomic E-state index is -5.17. The first-order chi connectivity index (χ1) is 30.1. The van der Waals surface area contributed by atoms with Gasteiger partial charge in [0.2, 0.25) is 0 Å². The SMILES string of the molecule is O=c1[nH]c2ccccc2c([O-])c1N=Nc1c([O-])cc(S(=O)(=O)[O-])c2cc([N+](=O)[O-])ccc12.O=c1[nH]c2ccccc2c([O-])c1N=Nc1c([O-])cc(S(=O)(=O)[O-])c2cc([N+](=O)[O-])ccc12.[Co+3].[Na+].[Na+].[Na+]. The molecule has 0 aliphatic heterocycles. The quantitative estimate of drug-likeness (QED) is 0.0474. The van der Waals surface area contributed by atoms with Crippen LogP contribution in [0, 0.1) is 20.2 Å². The van der Waals surface area contributed by atoms with Crippen molar-refractivity contribution in [2.75, 3.05) is 0 Å². The third-order valence-electron chi connectivity index (χ3n) is 9.20. The number of nitro groups is 2. The van der Waals surface area contributed by atoms with E-state index in [0.29, 0.717) is 12.1 Å². The summed E-state index contributed by atoms with van der Waals surface area (Å²) in [6.07, 6.45) is 0. The molecule has 2 heterocycles. The van der Waals surface area contributed by atoms with Crippen LogP contribution in [0.1, 0.15) is 0 Å². The molecule has 0 atom stereocenters. The third-order valence-corrected chi connectivity index (χ3v) is 11.0. The predicted octanol–water partition coefficient (Wildman–Crippen LogP) is -4.88. The van der Waals surface area contributed by atoms with Crippen LogP contribution < -0.4 is 120 Å². The molecule has 0 spiro atoms. The van der Waals surface area contributed by atoms with Crippen LogP contribution >= 0.6 is 0 Å². The Kier molecular flexibility index (Phi) is 18.9. The van der Waals surface area contributed by atoms with Gasteiger partial charge < -0.3 is 39.5 Å². The summed E-state index contributed by atoms with van der Waals surface area (Å²) < 4.78 is 69.5. The number of benzene rings is 6. The van der Waals surface area contributed by atoms with Crippen LogP contribution in [0.15, 0.2) is 137 Å². The Morgan fingerprint density at radius 3 is 1.10 bits per heavy atom. The number of aromatic nitrogens is 2. The van der Waals surface area contributed by atoms with E-state index in [0.717, 1.165) is 36.4 Å². The topological polar surface area (TPSA) is 408 Å². The van der Waals surface area contributed by atoms with E-state index >= 15 is 0 Å².